The summed E-state index contributed by atoms with van der Waals surface area (Å²) in [7, 11) is -3.06. The summed E-state index contributed by atoms with van der Waals surface area (Å²) in [6.07, 6.45) is 5.75. The van der Waals surface area contributed by atoms with Crippen LogP contribution < -0.4 is 29.1 Å². The molecule has 4 fully saturated rings. The number of hydrogen-bond donors (Lipinski definition) is 4. The van der Waals surface area contributed by atoms with Crippen molar-refractivity contribution >= 4 is 44.2 Å². The van der Waals surface area contributed by atoms with E-state index >= 15 is 0 Å². The van der Waals surface area contributed by atoms with Gasteiger partial charge in [0.15, 0.2) is 5.75 Å². The van der Waals surface area contributed by atoms with E-state index in [0.717, 1.165) is 82.1 Å². The Bertz CT molecular complexity index is 3220. The van der Waals surface area contributed by atoms with Crippen LogP contribution in [0.2, 0.25) is 0 Å². The van der Waals surface area contributed by atoms with Crippen LogP contribution in [0.5, 0.6) is 23.1 Å². The Balaban J connectivity index is 0.873. The maximum absolute atomic E-state index is 15.0. The molecule has 2 unspecified atom stereocenters. The average Bonchev–Trinajstić information content (AvgIpc) is 3.85. The van der Waals surface area contributed by atoms with Gasteiger partial charge in [-0.15, -0.1) is 0 Å². The molecule has 6 heterocycles. The molecule has 20 heteroatoms. The number of methoxy groups -OCH3 is 1. The van der Waals surface area contributed by atoms with Crippen LogP contribution in [0.25, 0.3) is 11.0 Å². The number of ether oxygens (including phenoxy) is 3. The lowest BCUT2D eigenvalue weighted by Gasteiger charge is -2.64. The van der Waals surface area contributed by atoms with Crippen LogP contribution in [0.15, 0.2) is 96.2 Å². The number of aliphatic hydroxyl groups is 1. The standard InChI is InChI=1S/C56H66FN9O9S/c1-6-74-54-50(25-44-46(57)28-60-51(44)61-54)75-49-23-38(13-16-43(49)53(67)62-76(71,72)40-24-48(66(69)70)52(59-27-40)58-26-36-17-20-55(4,68)21-18-36)64-31-56(32-64)33-65(34-56)47-19-22-63(29-37-11-14-39(73-5)15-12-37)30-45(47)42-10-8-7-9-41(42)35(2)3/h7-16,23-25,27-28,35-36,45,47,68H,6,17-22,26,29-34H2,1-5H3,(H,58,59)(H,60,61)(H,62,67). The Morgan fingerprint density at radius 1 is 1.01 bits per heavy atom. The molecule has 1 aliphatic carbocycles. The normalized spacial score (nSPS) is 21.7. The molecule has 4 N–H and O–H groups in total. The number of halogens is 1. The number of hydrogen-bond acceptors (Lipinski definition) is 15. The van der Waals surface area contributed by atoms with Gasteiger partial charge in [-0.3, -0.25) is 24.7 Å². The van der Waals surface area contributed by atoms with Gasteiger partial charge in [0, 0.05) is 99.8 Å². The number of likely N-dealkylation sites (tertiary alicyclic amines) is 2. The van der Waals surface area contributed by atoms with Gasteiger partial charge in [-0.2, -0.15) is 4.98 Å². The minimum absolute atomic E-state index is 0.0122. The van der Waals surface area contributed by atoms with E-state index in [0.29, 0.717) is 50.1 Å². The zero-order valence-corrected chi connectivity index (χ0v) is 44.4. The van der Waals surface area contributed by atoms with Crippen LogP contribution in [-0.4, -0.2) is 120 Å². The number of aromatic amines is 1. The number of nitrogens with one attached hydrogen (secondary N) is 3. The number of amides is 1. The summed E-state index contributed by atoms with van der Waals surface area (Å²) >= 11 is 0. The molecule has 18 nitrogen and oxygen atoms in total. The van der Waals surface area contributed by atoms with Crippen molar-refractivity contribution < 1.29 is 41.8 Å². The fourth-order valence-corrected chi connectivity index (χ4v) is 12.6. The Hall–Kier alpha value is -6.87. The second-order valence-electron chi connectivity index (χ2n) is 21.7. The van der Waals surface area contributed by atoms with E-state index in [9.17, 15) is 32.8 Å². The molecule has 3 aromatic carbocycles. The lowest BCUT2D eigenvalue weighted by Crippen LogP contribution is -2.74. The highest BCUT2D eigenvalue weighted by molar-refractivity contribution is 7.90. The fourth-order valence-electron chi connectivity index (χ4n) is 11.7. The number of carbonyl (C=O) groups excluding carboxylic acids is 1. The molecule has 1 spiro atoms. The van der Waals surface area contributed by atoms with Gasteiger partial charge in [-0.25, -0.2) is 22.5 Å². The summed E-state index contributed by atoms with van der Waals surface area (Å²) < 4.78 is 62.5. The molecule has 4 aliphatic rings. The van der Waals surface area contributed by atoms with Crippen LogP contribution in [0, 0.1) is 27.3 Å². The van der Waals surface area contributed by atoms with Crippen molar-refractivity contribution in [2.45, 2.75) is 94.7 Å². The number of aromatic nitrogens is 3. The third kappa shape index (κ3) is 11.0. The average molecular weight is 1060 g/mol. The van der Waals surface area contributed by atoms with Gasteiger partial charge >= 0.3 is 5.69 Å². The number of fused-ring (bicyclic) bond motifs is 1. The van der Waals surface area contributed by atoms with Crippen molar-refractivity contribution in [2.24, 2.45) is 11.3 Å². The van der Waals surface area contributed by atoms with Crippen LogP contribution in [0.1, 0.15) is 98.7 Å². The van der Waals surface area contributed by atoms with E-state index < -0.39 is 42.9 Å². The fraction of sp³-hybridized carbons (Fsp3) is 0.446. The molecule has 6 aromatic rings. The molecule has 1 amide bonds. The van der Waals surface area contributed by atoms with Gasteiger partial charge in [0.05, 0.1) is 41.4 Å². The first-order chi connectivity index (χ1) is 36.4. The third-order valence-corrected chi connectivity index (χ3v) is 17.1. The zero-order valence-electron chi connectivity index (χ0n) is 43.6. The minimum atomic E-state index is -4.75. The summed E-state index contributed by atoms with van der Waals surface area (Å²) in [5, 5.41) is 25.7. The van der Waals surface area contributed by atoms with E-state index in [1.165, 1.54) is 28.8 Å². The minimum Gasteiger partial charge on any atom is -0.497 e. The van der Waals surface area contributed by atoms with Gasteiger partial charge < -0.3 is 34.5 Å². The molecule has 1 saturated carbocycles. The van der Waals surface area contributed by atoms with Gasteiger partial charge in [0.25, 0.3) is 21.8 Å². The summed E-state index contributed by atoms with van der Waals surface area (Å²) in [4.78, 5) is 43.9. The maximum Gasteiger partial charge on any atom is 0.312 e. The van der Waals surface area contributed by atoms with Crippen LogP contribution in [0.4, 0.5) is 21.6 Å². The number of nitro groups is 1. The topological polar surface area (TPSA) is 218 Å². The van der Waals surface area contributed by atoms with Crippen molar-refractivity contribution in [1.82, 2.24) is 29.5 Å². The van der Waals surface area contributed by atoms with Crippen LogP contribution in [0.3, 0.4) is 0 Å². The molecule has 3 aromatic heterocycles. The van der Waals surface area contributed by atoms with E-state index in [1.807, 2.05) is 12.1 Å². The highest BCUT2D eigenvalue weighted by atomic mass is 32.2. The molecule has 402 valence electrons. The highest BCUT2D eigenvalue weighted by Gasteiger charge is 2.55. The van der Waals surface area contributed by atoms with Crippen molar-refractivity contribution in [2.75, 3.05) is 69.7 Å². The second kappa shape index (κ2) is 21.3. The Labute approximate surface area is 442 Å². The molecule has 0 bridgehead atoms. The summed E-state index contributed by atoms with van der Waals surface area (Å²) in [6.45, 7) is 14.7. The quantitative estimate of drug-likeness (QED) is 0.0467. The van der Waals surface area contributed by atoms with Gasteiger partial charge in [-0.05, 0) is 98.7 Å². The SMILES string of the molecule is CCOc1nc2[nH]cc(F)c2cc1Oc1cc(N2CC3(C2)CN(C2CCN(Cc4ccc(OC)cc4)CC2c2ccccc2C(C)C)C3)ccc1C(=O)NS(=O)(=O)c1cnc(NCC2CCC(C)(O)CC2)c([N+](=O)[O-])c1. The van der Waals surface area contributed by atoms with Crippen molar-refractivity contribution in [3.63, 3.8) is 0 Å². The lowest BCUT2D eigenvalue weighted by atomic mass is 9.69. The van der Waals surface area contributed by atoms with Gasteiger partial charge in [0.1, 0.15) is 27.9 Å². The van der Waals surface area contributed by atoms with Crippen molar-refractivity contribution in [3.05, 3.63) is 129 Å². The van der Waals surface area contributed by atoms with Gasteiger partial charge in [0.2, 0.25) is 5.82 Å². The number of pyridine rings is 2. The third-order valence-electron chi connectivity index (χ3n) is 15.8. The van der Waals surface area contributed by atoms with Crippen LogP contribution in [-0.2, 0) is 16.6 Å². The predicted octanol–water partition coefficient (Wildman–Crippen LogP) is 8.98. The monoisotopic (exact) mass is 1060 g/mol. The number of anilines is 2. The summed E-state index contributed by atoms with van der Waals surface area (Å²) in [6, 6.07) is 24.7. The molecule has 76 heavy (non-hydrogen) atoms. The Morgan fingerprint density at radius 3 is 2.47 bits per heavy atom. The van der Waals surface area contributed by atoms with Crippen molar-refractivity contribution in [1.29, 1.82) is 0 Å². The summed E-state index contributed by atoms with van der Waals surface area (Å²) in [5.74, 6) is -0.169. The Morgan fingerprint density at radius 2 is 1.76 bits per heavy atom. The highest BCUT2D eigenvalue weighted by Crippen LogP contribution is 2.48. The van der Waals surface area contributed by atoms with Crippen LogP contribution >= 0.6 is 0 Å². The Kier molecular flexibility index (Phi) is 14.7. The van der Waals surface area contributed by atoms with E-state index in [1.54, 1.807) is 33.1 Å². The van der Waals surface area contributed by atoms with E-state index in [4.69, 9.17) is 14.2 Å². The summed E-state index contributed by atoms with van der Waals surface area (Å²) in [5.41, 5.74) is 3.50. The number of rotatable bonds is 18. The molecule has 3 aliphatic heterocycles. The molecular formula is C56H66FN9O9S. The number of benzene rings is 3. The largest absolute Gasteiger partial charge is 0.497 e. The first-order valence-corrected chi connectivity index (χ1v) is 27.6. The van der Waals surface area contributed by atoms with Gasteiger partial charge in [-0.1, -0.05) is 50.2 Å². The number of piperidine rings is 1. The second-order valence-corrected chi connectivity index (χ2v) is 23.4. The molecule has 3 saturated heterocycles. The molecule has 2 atom stereocenters. The number of nitrogens with zero attached hydrogens (tertiary/aromatic N) is 6. The zero-order chi connectivity index (χ0) is 53.5. The van der Waals surface area contributed by atoms with E-state index in [-0.39, 0.29) is 57.7 Å². The molecule has 0 radical (unpaired) electrons. The predicted molar refractivity (Wildman–Crippen MR) is 287 cm³/mol. The number of carbonyl (C=O) groups is 1. The van der Waals surface area contributed by atoms with E-state index in [2.05, 4.69) is 89.9 Å². The molecular weight excluding hydrogens is 994 g/mol. The van der Waals surface area contributed by atoms with Crippen molar-refractivity contribution in [3.8, 4) is 23.1 Å². The number of sulfonamides is 1. The smallest absolute Gasteiger partial charge is 0.312 e. The first-order valence-electron chi connectivity index (χ1n) is 26.1. The maximum atomic E-state index is 15.0. The first kappa shape index (κ1) is 52.6. The number of H-pyrrole nitrogens is 1. The lowest BCUT2D eigenvalue weighted by molar-refractivity contribution is -0.384. The molecule has 10 rings (SSSR count).